The molecule has 0 amide bonds. The van der Waals surface area contributed by atoms with Crippen LogP contribution >= 0.6 is 0 Å². The average Bonchev–Trinajstić information content (AvgIpc) is 2.95. The summed E-state index contributed by atoms with van der Waals surface area (Å²) >= 11 is 0. The minimum atomic E-state index is 0.312. The molecule has 2 aromatic heterocycles. The zero-order chi connectivity index (χ0) is 13.5. The second kappa shape index (κ2) is 4.37. The van der Waals surface area contributed by atoms with E-state index >= 15 is 0 Å². The van der Waals surface area contributed by atoms with Gasteiger partial charge in [-0.1, -0.05) is 20.3 Å². The monoisotopic (exact) mass is 256 g/mol. The molecular weight excluding hydrogens is 236 g/mol. The van der Waals surface area contributed by atoms with Crippen LogP contribution in [0.5, 0.6) is 0 Å². The third-order valence-corrected chi connectivity index (χ3v) is 4.33. The van der Waals surface area contributed by atoms with E-state index in [0.717, 1.165) is 16.9 Å². The number of rotatable bonds is 2. The SMILES string of the molecule is CC1(C)CCCC1n1cncc1-c1cnccc1N. The summed E-state index contributed by atoms with van der Waals surface area (Å²) in [4.78, 5) is 8.51. The number of pyridine rings is 1. The summed E-state index contributed by atoms with van der Waals surface area (Å²) in [6.07, 6.45) is 11.1. The molecule has 0 aromatic carbocycles. The van der Waals surface area contributed by atoms with Gasteiger partial charge in [0.05, 0.1) is 18.2 Å². The number of hydrogen-bond donors (Lipinski definition) is 1. The van der Waals surface area contributed by atoms with Crippen LogP contribution < -0.4 is 5.73 Å². The summed E-state index contributed by atoms with van der Waals surface area (Å²) in [6.45, 7) is 4.67. The maximum atomic E-state index is 6.07. The van der Waals surface area contributed by atoms with Crippen molar-refractivity contribution in [3.8, 4) is 11.3 Å². The Balaban J connectivity index is 2.07. The molecule has 19 heavy (non-hydrogen) atoms. The first kappa shape index (κ1) is 12.2. The minimum Gasteiger partial charge on any atom is -0.398 e. The average molecular weight is 256 g/mol. The van der Waals surface area contributed by atoms with Gasteiger partial charge in [-0.3, -0.25) is 4.98 Å². The van der Waals surface area contributed by atoms with E-state index in [-0.39, 0.29) is 0 Å². The van der Waals surface area contributed by atoms with Gasteiger partial charge in [-0.15, -0.1) is 0 Å². The van der Waals surface area contributed by atoms with Crippen LogP contribution in [0.2, 0.25) is 0 Å². The number of aromatic nitrogens is 3. The van der Waals surface area contributed by atoms with Crippen LogP contribution in [-0.4, -0.2) is 14.5 Å². The second-order valence-electron chi connectivity index (χ2n) is 6.05. The van der Waals surface area contributed by atoms with Crippen LogP contribution in [0.15, 0.2) is 31.0 Å². The molecule has 4 heteroatoms. The molecule has 2 N–H and O–H groups in total. The molecule has 3 rings (SSSR count). The molecule has 2 aromatic rings. The highest BCUT2D eigenvalue weighted by atomic mass is 15.1. The molecule has 1 aliphatic carbocycles. The Bertz CT molecular complexity index is 585. The van der Waals surface area contributed by atoms with Crippen LogP contribution in [-0.2, 0) is 0 Å². The molecular formula is C15H20N4. The van der Waals surface area contributed by atoms with E-state index in [9.17, 15) is 0 Å². The molecule has 1 saturated carbocycles. The van der Waals surface area contributed by atoms with Gasteiger partial charge in [0.15, 0.2) is 0 Å². The van der Waals surface area contributed by atoms with Crippen LogP contribution in [0.1, 0.15) is 39.2 Å². The van der Waals surface area contributed by atoms with Crippen LogP contribution in [0.25, 0.3) is 11.3 Å². The number of imidazole rings is 1. The second-order valence-corrected chi connectivity index (χ2v) is 6.05. The van der Waals surface area contributed by atoms with Gasteiger partial charge in [-0.25, -0.2) is 4.98 Å². The van der Waals surface area contributed by atoms with Crippen molar-refractivity contribution >= 4 is 5.69 Å². The molecule has 0 radical (unpaired) electrons. The summed E-state index contributed by atoms with van der Waals surface area (Å²) in [5, 5.41) is 0. The molecule has 1 unspecified atom stereocenters. The maximum Gasteiger partial charge on any atom is 0.0953 e. The lowest BCUT2D eigenvalue weighted by atomic mass is 9.87. The largest absolute Gasteiger partial charge is 0.398 e. The van der Waals surface area contributed by atoms with Gasteiger partial charge in [-0.05, 0) is 24.3 Å². The fourth-order valence-corrected chi connectivity index (χ4v) is 3.20. The minimum absolute atomic E-state index is 0.312. The normalized spacial score (nSPS) is 21.7. The molecule has 100 valence electrons. The highest BCUT2D eigenvalue weighted by Gasteiger charge is 2.36. The van der Waals surface area contributed by atoms with Gasteiger partial charge in [0.2, 0.25) is 0 Å². The fraction of sp³-hybridized carbons (Fsp3) is 0.467. The van der Waals surface area contributed by atoms with E-state index in [2.05, 4.69) is 28.4 Å². The number of anilines is 1. The molecule has 1 atom stereocenters. The summed E-state index contributed by atoms with van der Waals surface area (Å²) in [5.41, 5.74) is 9.18. The van der Waals surface area contributed by atoms with Gasteiger partial charge < -0.3 is 10.3 Å². The molecule has 1 aliphatic rings. The van der Waals surface area contributed by atoms with E-state index in [4.69, 9.17) is 5.73 Å². The fourth-order valence-electron chi connectivity index (χ4n) is 3.20. The summed E-state index contributed by atoms with van der Waals surface area (Å²) in [5.74, 6) is 0. The van der Waals surface area contributed by atoms with Crippen molar-refractivity contribution in [2.75, 3.05) is 5.73 Å². The van der Waals surface area contributed by atoms with Gasteiger partial charge in [0.1, 0.15) is 0 Å². The van der Waals surface area contributed by atoms with E-state index in [1.54, 1.807) is 6.20 Å². The third-order valence-electron chi connectivity index (χ3n) is 4.33. The zero-order valence-electron chi connectivity index (χ0n) is 11.5. The highest BCUT2D eigenvalue weighted by molar-refractivity contribution is 5.72. The lowest BCUT2D eigenvalue weighted by Gasteiger charge is -2.29. The first-order chi connectivity index (χ1) is 9.09. The highest BCUT2D eigenvalue weighted by Crippen LogP contribution is 2.47. The molecule has 2 heterocycles. The quantitative estimate of drug-likeness (QED) is 0.897. The number of nitrogens with zero attached hydrogens (tertiary/aromatic N) is 3. The topological polar surface area (TPSA) is 56.7 Å². The lowest BCUT2D eigenvalue weighted by Crippen LogP contribution is -2.21. The number of hydrogen-bond acceptors (Lipinski definition) is 3. The number of nitrogen functional groups attached to an aromatic ring is 1. The Morgan fingerprint density at radius 2 is 2.16 bits per heavy atom. The van der Waals surface area contributed by atoms with Gasteiger partial charge >= 0.3 is 0 Å². The van der Waals surface area contributed by atoms with Crippen molar-refractivity contribution in [2.24, 2.45) is 5.41 Å². The number of nitrogens with two attached hydrogens (primary N) is 1. The summed E-state index contributed by atoms with van der Waals surface area (Å²) in [7, 11) is 0. The van der Waals surface area contributed by atoms with Gasteiger partial charge in [-0.2, -0.15) is 0 Å². The van der Waals surface area contributed by atoms with Crippen LogP contribution in [0, 0.1) is 5.41 Å². The molecule has 0 aliphatic heterocycles. The summed E-state index contributed by atoms with van der Waals surface area (Å²) < 4.78 is 2.28. The van der Waals surface area contributed by atoms with E-state index in [1.165, 1.54) is 19.3 Å². The van der Waals surface area contributed by atoms with Crippen molar-refractivity contribution < 1.29 is 0 Å². The Hall–Kier alpha value is -1.84. The third kappa shape index (κ3) is 2.01. The van der Waals surface area contributed by atoms with Crippen LogP contribution in [0.3, 0.4) is 0 Å². The predicted molar refractivity (Wildman–Crippen MR) is 76.5 cm³/mol. The van der Waals surface area contributed by atoms with Crippen LogP contribution in [0.4, 0.5) is 5.69 Å². The Morgan fingerprint density at radius 3 is 2.84 bits per heavy atom. The van der Waals surface area contributed by atoms with E-state index in [1.807, 2.05) is 24.8 Å². The van der Waals surface area contributed by atoms with E-state index in [0.29, 0.717) is 11.5 Å². The standard InChI is InChI=1S/C15H20N4/c1-15(2)6-3-4-14(15)19-10-18-9-13(19)11-8-17-7-5-12(11)16/h5,7-10,14H,3-4,6H2,1-2H3,(H2,16,17). The summed E-state index contributed by atoms with van der Waals surface area (Å²) in [6, 6.07) is 2.33. The first-order valence-electron chi connectivity index (χ1n) is 6.81. The van der Waals surface area contributed by atoms with E-state index < -0.39 is 0 Å². The smallest absolute Gasteiger partial charge is 0.0953 e. The van der Waals surface area contributed by atoms with Gasteiger partial charge in [0, 0.05) is 29.7 Å². The zero-order valence-corrected chi connectivity index (χ0v) is 11.5. The molecule has 0 bridgehead atoms. The molecule has 4 nitrogen and oxygen atoms in total. The van der Waals surface area contributed by atoms with Crippen molar-refractivity contribution in [3.63, 3.8) is 0 Å². The van der Waals surface area contributed by atoms with Gasteiger partial charge in [0.25, 0.3) is 0 Å². The maximum absolute atomic E-state index is 6.07. The molecule has 0 spiro atoms. The Morgan fingerprint density at radius 1 is 1.32 bits per heavy atom. The molecule has 1 fully saturated rings. The first-order valence-corrected chi connectivity index (χ1v) is 6.81. The van der Waals surface area contributed by atoms with Crippen molar-refractivity contribution in [2.45, 2.75) is 39.2 Å². The Labute approximate surface area is 113 Å². The lowest BCUT2D eigenvalue weighted by molar-refractivity contribution is 0.262. The molecule has 0 saturated heterocycles. The van der Waals surface area contributed by atoms with Crippen molar-refractivity contribution in [1.29, 1.82) is 0 Å². The van der Waals surface area contributed by atoms with Crippen molar-refractivity contribution in [1.82, 2.24) is 14.5 Å². The predicted octanol–water partition coefficient (Wildman–Crippen LogP) is 3.28. The van der Waals surface area contributed by atoms with Crippen molar-refractivity contribution in [3.05, 3.63) is 31.0 Å². The Kier molecular flexibility index (Phi) is 2.81.